The van der Waals surface area contributed by atoms with Crippen molar-refractivity contribution in [3.05, 3.63) is 75.3 Å². The minimum Gasteiger partial charge on any atom is -0.464 e. The first-order chi connectivity index (χ1) is 13.9. The van der Waals surface area contributed by atoms with Crippen molar-refractivity contribution in [1.29, 1.82) is 10.5 Å². The zero-order chi connectivity index (χ0) is 21.1. The molecule has 0 saturated heterocycles. The molecule has 2 aromatic heterocycles. The Morgan fingerprint density at radius 1 is 1.10 bits per heavy atom. The average Bonchev–Trinajstić information content (AvgIpc) is 2.98. The highest BCUT2D eigenvalue weighted by atomic mass is 35.5. The maximum atomic E-state index is 11.9. The van der Waals surface area contributed by atoms with E-state index in [-0.39, 0.29) is 10.7 Å². The normalized spacial score (nSPS) is 10.3. The van der Waals surface area contributed by atoms with Gasteiger partial charge in [-0.3, -0.25) is 0 Å². The molecule has 0 fully saturated rings. The Morgan fingerprint density at radius 3 is 2.38 bits per heavy atom. The number of methoxy groups -OCH3 is 1. The third-order valence-corrected chi connectivity index (χ3v) is 5.11. The molecule has 0 aliphatic carbocycles. The molecule has 1 aromatic carbocycles. The van der Waals surface area contributed by atoms with Gasteiger partial charge in [-0.1, -0.05) is 23.7 Å². The molecule has 0 radical (unpaired) electrons. The molecule has 0 atom stereocenters. The Hall–Kier alpha value is -3.61. The zero-order valence-corrected chi connectivity index (χ0v) is 16.9. The van der Waals surface area contributed by atoms with Crippen molar-refractivity contribution in [1.82, 2.24) is 9.55 Å². The summed E-state index contributed by atoms with van der Waals surface area (Å²) in [4.78, 5) is 16.2. The first-order valence-corrected chi connectivity index (χ1v) is 9.13. The van der Waals surface area contributed by atoms with Crippen LogP contribution in [0.25, 0.3) is 11.1 Å². The van der Waals surface area contributed by atoms with Crippen molar-refractivity contribution in [2.75, 3.05) is 7.11 Å². The maximum Gasteiger partial charge on any atom is 0.358 e. The van der Waals surface area contributed by atoms with Gasteiger partial charge in [0.15, 0.2) is 5.69 Å². The minimum atomic E-state index is -0.603. The number of benzene rings is 1. The number of esters is 1. The van der Waals surface area contributed by atoms with Crippen LogP contribution < -0.4 is 0 Å². The molecule has 0 unspecified atom stereocenters. The zero-order valence-electron chi connectivity index (χ0n) is 16.2. The first kappa shape index (κ1) is 20.1. The topological polar surface area (TPSA) is 91.7 Å². The molecule has 0 N–H and O–H groups in total. The van der Waals surface area contributed by atoms with Crippen LogP contribution in [0.2, 0.25) is 5.02 Å². The molecule has 29 heavy (non-hydrogen) atoms. The molecule has 2 heterocycles. The van der Waals surface area contributed by atoms with E-state index in [0.29, 0.717) is 23.4 Å². The van der Waals surface area contributed by atoms with Gasteiger partial charge >= 0.3 is 5.97 Å². The fourth-order valence-electron chi connectivity index (χ4n) is 3.29. The number of nitriles is 2. The van der Waals surface area contributed by atoms with Crippen molar-refractivity contribution < 1.29 is 9.53 Å². The molecule has 7 heteroatoms. The van der Waals surface area contributed by atoms with E-state index in [1.807, 2.05) is 30.5 Å². The lowest BCUT2D eigenvalue weighted by Gasteiger charge is -2.11. The Labute approximate surface area is 173 Å². The number of ether oxygens (including phenoxy) is 1. The summed E-state index contributed by atoms with van der Waals surface area (Å²) < 4.78 is 6.70. The number of rotatable bonds is 4. The van der Waals surface area contributed by atoms with Gasteiger partial charge in [0.05, 0.1) is 41.6 Å². The average molecular weight is 405 g/mol. The van der Waals surface area contributed by atoms with Gasteiger partial charge in [-0.2, -0.15) is 10.5 Å². The lowest BCUT2D eigenvalue weighted by Crippen LogP contribution is -2.10. The SMILES string of the molecule is COC(=O)c1nc(Cn2c(C)c(C#N)c(-c3ccc(C#N)cc3)c2C)ccc1Cl. The number of aromatic nitrogens is 2. The van der Waals surface area contributed by atoms with E-state index in [4.69, 9.17) is 21.6 Å². The van der Waals surface area contributed by atoms with Crippen LogP contribution in [0.4, 0.5) is 0 Å². The standard InChI is InChI=1S/C22H17ClN4O2/c1-13-18(11-25)20(16-6-4-15(10-24)5-7-16)14(2)27(13)12-17-8-9-19(23)21(26-17)22(28)29-3/h4-9H,12H2,1-3H3. The van der Waals surface area contributed by atoms with Crippen molar-refractivity contribution >= 4 is 17.6 Å². The second-order valence-electron chi connectivity index (χ2n) is 6.43. The van der Waals surface area contributed by atoms with Crippen LogP contribution >= 0.6 is 11.6 Å². The Bertz CT molecular complexity index is 1180. The molecule has 0 amide bonds. The Morgan fingerprint density at radius 2 is 1.79 bits per heavy atom. The highest BCUT2D eigenvalue weighted by molar-refractivity contribution is 6.33. The van der Waals surface area contributed by atoms with E-state index >= 15 is 0 Å². The molecule has 0 bridgehead atoms. The van der Waals surface area contributed by atoms with Crippen LogP contribution in [0.3, 0.4) is 0 Å². The molecule has 3 rings (SSSR count). The predicted molar refractivity (Wildman–Crippen MR) is 108 cm³/mol. The van der Waals surface area contributed by atoms with Gasteiger partial charge in [-0.25, -0.2) is 9.78 Å². The third-order valence-electron chi connectivity index (χ3n) is 4.80. The summed E-state index contributed by atoms with van der Waals surface area (Å²) in [5.74, 6) is -0.603. The van der Waals surface area contributed by atoms with E-state index < -0.39 is 5.97 Å². The Kier molecular flexibility index (Phi) is 5.68. The number of carbonyl (C=O) groups is 1. The van der Waals surface area contributed by atoms with Crippen molar-refractivity contribution in [2.24, 2.45) is 0 Å². The summed E-state index contributed by atoms with van der Waals surface area (Å²) in [7, 11) is 1.27. The number of pyridine rings is 1. The van der Waals surface area contributed by atoms with Crippen LogP contribution in [0, 0.1) is 36.5 Å². The molecule has 0 aliphatic heterocycles. The second kappa shape index (κ2) is 8.18. The number of carbonyl (C=O) groups excluding carboxylic acids is 1. The summed E-state index contributed by atoms with van der Waals surface area (Å²) in [6.07, 6.45) is 0. The quantitative estimate of drug-likeness (QED) is 0.601. The number of halogens is 1. The summed E-state index contributed by atoms with van der Waals surface area (Å²) >= 11 is 6.06. The lowest BCUT2D eigenvalue weighted by molar-refractivity contribution is 0.0594. The highest BCUT2D eigenvalue weighted by Crippen LogP contribution is 2.32. The molecule has 3 aromatic rings. The maximum absolute atomic E-state index is 11.9. The van der Waals surface area contributed by atoms with Crippen LogP contribution in [0.5, 0.6) is 0 Å². The van der Waals surface area contributed by atoms with E-state index in [0.717, 1.165) is 22.5 Å². The number of hydrogen-bond acceptors (Lipinski definition) is 5. The first-order valence-electron chi connectivity index (χ1n) is 8.75. The van der Waals surface area contributed by atoms with E-state index in [2.05, 4.69) is 17.1 Å². The van der Waals surface area contributed by atoms with Gasteiger partial charge < -0.3 is 9.30 Å². The molecule has 0 aliphatic rings. The van der Waals surface area contributed by atoms with Crippen LogP contribution in [0.15, 0.2) is 36.4 Å². The summed E-state index contributed by atoms with van der Waals surface area (Å²) in [5, 5.41) is 19.0. The largest absolute Gasteiger partial charge is 0.464 e. The van der Waals surface area contributed by atoms with E-state index in [1.165, 1.54) is 7.11 Å². The smallest absolute Gasteiger partial charge is 0.358 e. The van der Waals surface area contributed by atoms with E-state index in [1.54, 1.807) is 24.3 Å². The number of hydrogen-bond donors (Lipinski definition) is 0. The van der Waals surface area contributed by atoms with Gasteiger partial charge in [0.1, 0.15) is 6.07 Å². The second-order valence-corrected chi connectivity index (χ2v) is 6.84. The minimum absolute atomic E-state index is 0.0574. The van der Waals surface area contributed by atoms with Crippen molar-refractivity contribution in [3.63, 3.8) is 0 Å². The molecule has 0 saturated carbocycles. The fraction of sp³-hybridized carbons (Fsp3) is 0.182. The summed E-state index contributed by atoms with van der Waals surface area (Å²) in [6.45, 7) is 4.16. The summed E-state index contributed by atoms with van der Waals surface area (Å²) in [6, 6.07) is 14.9. The molecule has 6 nitrogen and oxygen atoms in total. The fourth-order valence-corrected chi connectivity index (χ4v) is 3.48. The molecule has 0 spiro atoms. The van der Waals surface area contributed by atoms with Crippen molar-refractivity contribution in [3.8, 4) is 23.3 Å². The third kappa shape index (κ3) is 3.71. The van der Waals surface area contributed by atoms with Crippen LogP contribution in [-0.2, 0) is 11.3 Å². The highest BCUT2D eigenvalue weighted by Gasteiger charge is 2.20. The van der Waals surface area contributed by atoms with Crippen LogP contribution in [0.1, 0.15) is 38.7 Å². The van der Waals surface area contributed by atoms with Gasteiger partial charge in [0, 0.05) is 17.0 Å². The monoisotopic (exact) mass is 404 g/mol. The lowest BCUT2D eigenvalue weighted by atomic mass is 10.0. The Balaban J connectivity index is 2.08. The van der Waals surface area contributed by atoms with Gasteiger partial charge in [0.2, 0.25) is 0 Å². The number of nitrogens with zero attached hydrogens (tertiary/aromatic N) is 4. The van der Waals surface area contributed by atoms with Gasteiger partial charge in [0.25, 0.3) is 0 Å². The van der Waals surface area contributed by atoms with Gasteiger partial charge in [-0.15, -0.1) is 0 Å². The molecular weight excluding hydrogens is 388 g/mol. The molecular formula is C22H17ClN4O2. The van der Waals surface area contributed by atoms with Crippen LogP contribution in [-0.4, -0.2) is 22.6 Å². The van der Waals surface area contributed by atoms with Crippen molar-refractivity contribution in [2.45, 2.75) is 20.4 Å². The van der Waals surface area contributed by atoms with E-state index in [9.17, 15) is 10.1 Å². The molecule has 144 valence electrons. The predicted octanol–water partition coefficient (Wildman–Crippen LogP) is 4.40. The summed E-state index contributed by atoms with van der Waals surface area (Å²) in [5.41, 5.74) is 5.15. The van der Waals surface area contributed by atoms with Gasteiger partial charge in [-0.05, 0) is 43.7 Å².